The second-order valence-electron chi connectivity index (χ2n) is 4.30. The van der Waals surface area contributed by atoms with Gasteiger partial charge in [0, 0.05) is 31.1 Å². The molecule has 2 rings (SSSR count). The molecule has 0 bridgehead atoms. The van der Waals surface area contributed by atoms with Crippen molar-refractivity contribution in [3.63, 3.8) is 0 Å². The van der Waals surface area contributed by atoms with Crippen LogP contribution in [0.4, 0.5) is 4.39 Å². The molecule has 4 nitrogen and oxygen atoms in total. The molecule has 0 saturated carbocycles. The van der Waals surface area contributed by atoms with Crippen LogP contribution in [0.3, 0.4) is 0 Å². The third-order valence-corrected chi connectivity index (χ3v) is 2.95. The van der Waals surface area contributed by atoms with Gasteiger partial charge in [-0.05, 0) is 12.6 Å². The maximum Gasteiger partial charge on any atom is 0.250 e. The van der Waals surface area contributed by atoms with Gasteiger partial charge < -0.3 is 14.8 Å². The van der Waals surface area contributed by atoms with E-state index in [4.69, 9.17) is 9.47 Å². The lowest BCUT2D eigenvalue weighted by molar-refractivity contribution is 0.0219. The number of rotatable bonds is 5. The summed E-state index contributed by atoms with van der Waals surface area (Å²) in [6.45, 7) is 4.62. The van der Waals surface area contributed by atoms with Gasteiger partial charge in [-0.25, -0.2) is 9.37 Å². The minimum Gasteiger partial charge on any atom is -0.472 e. The van der Waals surface area contributed by atoms with Gasteiger partial charge in [-0.1, -0.05) is 6.92 Å². The van der Waals surface area contributed by atoms with E-state index in [9.17, 15) is 4.39 Å². The van der Waals surface area contributed by atoms with Crippen molar-refractivity contribution in [3.8, 4) is 5.88 Å². The molecule has 0 aromatic carbocycles. The Balaban J connectivity index is 2.02. The molecule has 1 fully saturated rings. The summed E-state index contributed by atoms with van der Waals surface area (Å²) in [5.74, 6) is -0.248. The van der Waals surface area contributed by atoms with Crippen LogP contribution in [0.2, 0.25) is 0 Å². The molecule has 0 radical (unpaired) electrons. The molecule has 18 heavy (non-hydrogen) atoms. The molecular weight excluding hydrogens is 235 g/mol. The zero-order valence-electron chi connectivity index (χ0n) is 10.6. The van der Waals surface area contributed by atoms with Gasteiger partial charge in [0.05, 0.1) is 13.2 Å². The van der Waals surface area contributed by atoms with Crippen molar-refractivity contribution >= 4 is 0 Å². The van der Waals surface area contributed by atoms with E-state index in [0.29, 0.717) is 25.3 Å². The van der Waals surface area contributed by atoms with Crippen LogP contribution in [-0.2, 0) is 11.3 Å². The third kappa shape index (κ3) is 3.40. The minimum atomic E-state index is -0.357. The fourth-order valence-electron chi connectivity index (χ4n) is 1.89. The fourth-order valence-corrected chi connectivity index (χ4v) is 1.89. The van der Waals surface area contributed by atoms with Crippen LogP contribution < -0.4 is 10.1 Å². The zero-order valence-corrected chi connectivity index (χ0v) is 10.6. The lowest BCUT2D eigenvalue weighted by atomic mass is 10.1. The lowest BCUT2D eigenvalue weighted by Gasteiger charge is -2.23. The van der Waals surface area contributed by atoms with Gasteiger partial charge in [0.2, 0.25) is 0 Å². The molecule has 1 aromatic rings. The first kappa shape index (κ1) is 13.2. The summed E-state index contributed by atoms with van der Waals surface area (Å²) in [5.41, 5.74) is 0.592. The first-order valence-electron chi connectivity index (χ1n) is 6.39. The molecule has 1 aromatic heterocycles. The van der Waals surface area contributed by atoms with E-state index in [2.05, 4.69) is 10.3 Å². The van der Waals surface area contributed by atoms with Crippen molar-refractivity contribution in [1.29, 1.82) is 0 Å². The first-order chi connectivity index (χ1) is 8.81. The topological polar surface area (TPSA) is 43.4 Å². The number of aromatic nitrogens is 1. The van der Waals surface area contributed by atoms with E-state index in [1.165, 1.54) is 0 Å². The van der Waals surface area contributed by atoms with E-state index in [1.807, 2.05) is 6.92 Å². The predicted octanol–water partition coefficient (Wildman–Crippen LogP) is 1.89. The highest BCUT2D eigenvalue weighted by Crippen LogP contribution is 2.21. The van der Waals surface area contributed by atoms with E-state index < -0.39 is 0 Å². The van der Waals surface area contributed by atoms with Gasteiger partial charge in [0.1, 0.15) is 6.10 Å². The van der Waals surface area contributed by atoms with Gasteiger partial charge in [0.15, 0.2) is 5.82 Å². The Morgan fingerprint density at radius 1 is 1.50 bits per heavy atom. The van der Waals surface area contributed by atoms with Crippen molar-refractivity contribution in [2.24, 2.45) is 0 Å². The van der Waals surface area contributed by atoms with E-state index in [0.717, 1.165) is 19.4 Å². The number of nitrogens with one attached hydrogen (secondary N) is 1. The average Bonchev–Trinajstić information content (AvgIpc) is 2.41. The summed E-state index contributed by atoms with van der Waals surface area (Å²) >= 11 is 0. The Morgan fingerprint density at radius 3 is 3.00 bits per heavy atom. The first-order valence-corrected chi connectivity index (χ1v) is 6.39. The average molecular weight is 254 g/mol. The highest BCUT2D eigenvalue weighted by Gasteiger charge is 2.19. The summed E-state index contributed by atoms with van der Waals surface area (Å²) in [6, 6.07) is 1.68. The van der Waals surface area contributed by atoms with Crippen molar-refractivity contribution in [2.75, 3.05) is 19.8 Å². The molecule has 0 amide bonds. The summed E-state index contributed by atoms with van der Waals surface area (Å²) in [5, 5.41) is 3.09. The summed E-state index contributed by atoms with van der Waals surface area (Å²) in [6.07, 6.45) is 3.18. The van der Waals surface area contributed by atoms with Crippen LogP contribution in [0.15, 0.2) is 12.3 Å². The van der Waals surface area contributed by atoms with Crippen LogP contribution >= 0.6 is 0 Å². The summed E-state index contributed by atoms with van der Waals surface area (Å²) in [7, 11) is 0. The van der Waals surface area contributed by atoms with Crippen molar-refractivity contribution in [1.82, 2.24) is 10.3 Å². The molecule has 1 saturated heterocycles. The summed E-state index contributed by atoms with van der Waals surface area (Å²) < 4.78 is 24.9. The van der Waals surface area contributed by atoms with Crippen LogP contribution in [0.5, 0.6) is 5.88 Å². The third-order valence-electron chi connectivity index (χ3n) is 2.95. The molecule has 2 heterocycles. The molecule has 0 aliphatic carbocycles. The largest absolute Gasteiger partial charge is 0.472 e. The maximum atomic E-state index is 14.1. The maximum absolute atomic E-state index is 14.1. The van der Waals surface area contributed by atoms with Gasteiger partial charge >= 0.3 is 0 Å². The SMILES string of the molecule is CCNCc1ccnc(OC2CCOCC2)c1F. The molecule has 1 aliphatic heterocycles. The van der Waals surface area contributed by atoms with Crippen LogP contribution in [0.1, 0.15) is 25.3 Å². The standard InChI is InChI=1S/C13H19FN2O2/c1-2-15-9-10-3-6-16-13(12(10)14)18-11-4-7-17-8-5-11/h3,6,11,15H,2,4-5,7-9H2,1H3. The van der Waals surface area contributed by atoms with Gasteiger partial charge in [-0.3, -0.25) is 0 Å². The normalized spacial score (nSPS) is 16.8. The predicted molar refractivity (Wildman–Crippen MR) is 66.0 cm³/mol. The number of halogens is 1. The Hall–Kier alpha value is -1.20. The van der Waals surface area contributed by atoms with Gasteiger partial charge in [-0.15, -0.1) is 0 Å². The fraction of sp³-hybridized carbons (Fsp3) is 0.615. The molecular formula is C13H19FN2O2. The van der Waals surface area contributed by atoms with E-state index >= 15 is 0 Å². The number of ether oxygens (including phenoxy) is 2. The number of hydrogen-bond donors (Lipinski definition) is 1. The van der Waals surface area contributed by atoms with Gasteiger partial charge in [0.25, 0.3) is 5.88 Å². The minimum absolute atomic E-state index is 0.00938. The second-order valence-corrected chi connectivity index (χ2v) is 4.30. The number of nitrogens with zero attached hydrogens (tertiary/aromatic N) is 1. The van der Waals surface area contributed by atoms with E-state index in [-0.39, 0.29) is 17.8 Å². The Kier molecular flexibility index (Phi) is 4.90. The molecule has 1 N–H and O–H groups in total. The summed E-state index contributed by atoms with van der Waals surface area (Å²) in [4.78, 5) is 3.98. The van der Waals surface area contributed by atoms with Crippen LogP contribution in [-0.4, -0.2) is 30.8 Å². The Morgan fingerprint density at radius 2 is 2.28 bits per heavy atom. The molecule has 1 aliphatic rings. The molecule has 0 spiro atoms. The zero-order chi connectivity index (χ0) is 12.8. The monoisotopic (exact) mass is 254 g/mol. The van der Waals surface area contributed by atoms with Gasteiger partial charge in [-0.2, -0.15) is 0 Å². The number of pyridine rings is 1. The second kappa shape index (κ2) is 6.66. The molecule has 0 atom stereocenters. The molecule has 0 unspecified atom stereocenters. The van der Waals surface area contributed by atoms with Crippen molar-refractivity contribution in [3.05, 3.63) is 23.6 Å². The van der Waals surface area contributed by atoms with E-state index in [1.54, 1.807) is 12.3 Å². The highest BCUT2D eigenvalue weighted by molar-refractivity contribution is 5.23. The smallest absolute Gasteiger partial charge is 0.250 e. The van der Waals surface area contributed by atoms with Crippen molar-refractivity contribution < 1.29 is 13.9 Å². The molecule has 100 valence electrons. The quantitative estimate of drug-likeness (QED) is 0.871. The highest BCUT2D eigenvalue weighted by atomic mass is 19.1. The van der Waals surface area contributed by atoms with Crippen LogP contribution in [0.25, 0.3) is 0 Å². The van der Waals surface area contributed by atoms with Crippen molar-refractivity contribution in [2.45, 2.75) is 32.4 Å². The Labute approximate surface area is 107 Å². The Bertz CT molecular complexity index is 381. The molecule has 5 heteroatoms. The van der Waals surface area contributed by atoms with Crippen LogP contribution in [0, 0.1) is 5.82 Å². The lowest BCUT2D eigenvalue weighted by Crippen LogP contribution is -2.26. The number of hydrogen-bond acceptors (Lipinski definition) is 4.